The van der Waals surface area contributed by atoms with Crippen molar-refractivity contribution in [1.82, 2.24) is 9.21 Å². The van der Waals surface area contributed by atoms with Gasteiger partial charge in [-0.05, 0) is 48.5 Å². The van der Waals surface area contributed by atoms with Crippen LogP contribution in [-0.2, 0) is 14.8 Å². The predicted molar refractivity (Wildman–Crippen MR) is 108 cm³/mol. The summed E-state index contributed by atoms with van der Waals surface area (Å²) in [5, 5.41) is 3.42. The minimum atomic E-state index is -3.55. The average Bonchev–Trinajstić information content (AvgIpc) is 2.70. The molecule has 0 aliphatic carbocycles. The van der Waals surface area contributed by atoms with Crippen molar-refractivity contribution in [2.45, 2.75) is 4.90 Å². The monoisotopic (exact) mass is 423 g/mol. The number of piperazine rings is 1. The topological polar surface area (TPSA) is 79.0 Å². The number of rotatable bonds is 6. The van der Waals surface area contributed by atoms with Gasteiger partial charge in [-0.25, -0.2) is 8.42 Å². The summed E-state index contributed by atoms with van der Waals surface area (Å²) in [6.45, 7) is 1.86. The van der Waals surface area contributed by atoms with Gasteiger partial charge >= 0.3 is 0 Å². The van der Waals surface area contributed by atoms with Crippen molar-refractivity contribution in [2.24, 2.45) is 0 Å². The summed E-state index contributed by atoms with van der Waals surface area (Å²) in [4.78, 5) is 14.4. The number of hydrogen-bond donors (Lipinski definition) is 1. The standard InChI is InChI=1S/C19H22ClN3O4S/c1-27-17-6-8-18(9-7-17)28(25,26)23-12-10-22(11-13-23)14-19(24)21-16-4-2-15(20)3-5-16/h2-9H,10-14H2,1H3,(H,21,24). The maximum atomic E-state index is 12.8. The van der Waals surface area contributed by atoms with Crippen molar-refractivity contribution in [1.29, 1.82) is 0 Å². The molecule has 1 aliphatic rings. The molecule has 1 heterocycles. The Balaban J connectivity index is 1.53. The highest BCUT2D eigenvalue weighted by atomic mass is 35.5. The molecule has 1 fully saturated rings. The third kappa shape index (κ3) is 5.02. The summed E-state index contributed by atoms with van der Waals surface area (Å²) in [6, 6.07) is 13.2. The Labute approximate surface area is 169 Å². The second-order valence-electron chi connectivity index (χ2n) is 6.41. The number of hydrogen-bond acceptors (Lipinski definition) is 5. The van der Waals surface area contributed by atoms with Gasteiger partial charge in [0.15, 0.2) is 0 Å². The zero-order valence-electron chi connectivity index (χ0n) is 15.5. The average molecular weight is 424 g/mol. The maximum Gasteiger partial charge on any atom is 0.243 e. The molecule has 1 amide bonds. The Bertz CT molecular complexity index is 909. The highest BCUT2D eigenvalue weighted by Gasteiger charge is 2.29. The number of sulfonamides is 1. The molecular formula is C19H22ClN3O4S. The first kappa shape index (κ1) is 20.6. The molecule has 0 bridgehead atoms. The molecule has 150 valence electrons. The Kier molecular flexibility index (Phi) is 6.56. The van der Waals surface area contributed by atoms with Gasteiger partial charge in [0.05, 0.1) is 18.6 Å². The summed E-state index contributed by atoms with van der Waals surface area (Å²) in [5.41, 5.74) is 0.676. The molecule has 1 aliphatic heterocycles. The first-order valence-electron chi connectivity index (χ1n) is 8.80. The van der Waals surface area contributed by atoms with Gasteiger partial charge in [-0.3, -0.25) is 9.69 Å². The van der Waals surface area contributed by atoms with Crippen molar-refractivity contribution in [3.05, 3.63) is 53.6 Å². The number of halogens is 1. The van der Waals surface area contributed by atoms with Crippen LogP contribution in [0.15, 0.2) is 53.4 Å². The number of nitrogens with zero attached hydrogens (tertiary/aromatic N) is 2. The van der Waals surface area contributed by atoms with Crippen LogP contribution in [0.5, 0.6) is 5.75 Å². The first-order chi connectivity index (χ1) is 13.4. The molecule has 1 N–H and O–H groups in total. The normalized spacial score (nSPS) is 15.9. The van der Waals surface area contributed by atoms with E-state index in [1.54, 1.807) is 48.5 Å². The highest BCUT2D eigenvalue weighted by Crippen LogP contribution is 2.20. The van der Waals surface area contributed by atoms with Crippen LogP contribution in [0.1, 0.15) is 0 Å². The van der Waals surface area contributed by atoms with Gasteiger partial charge < -0.3 is 10.1 Å². The van der Waals surface area contributed by atoms with E-state index in [1.807, 2.05) is 4.90 Å². The molecule has 3 rings (SSSR count). The van der Waals surface area contributed by atoms with E-state index in [2.05, 4.69) is 5.32 Å². The number of benzene rings is 2. The fraction of sp³-hybridized carbons (Fsp3) is 0.316. The molecule has 0 atom stereocenters. The summed E-state index contributed by atoms with van der Waals surface area (Å²) >= 11 is 5.83. The number of carbonyl (C=O) groups is 1. The van der Waals surface area contributed by atoms with E-state index >= 15 is 0 Å². The van der Waals surface area contributed by atoms with E-state index in [0.29, 0.717) is 42.6 Å². The summed E-state index contributed by atoms with van der Waals surface area (Å²) in [7, 11) is -2.02. The maximum absolute atomic E-state index is 12.8. The summed E-state index contributed by atoms with van der Waals surface area (Å²) in [6.07, 6.45) is 0. The number of amides is 1. The zero-order chi connectivity index (χ0) is 20.1. The molecule has 2 aromatic carbocycles. The number of anilines is 1. The molecular weight excluding hydrogens is 402 g/mol. The van der Waals surface area contributed by atoms with Crippen molar-refractivity contribution in [3.8, 4) is 5.75 Å². The summed E-state index contributed by atoms with van der Waals surface area (Å²) < 4.78 is 32.0. The molecule has 28 heavy (non-hydrogen) atoms. The fourth-order valence-corrected chi connectivity index (χ4v) is 4.51. The number of nitrogens with one attached hydrogen (secondary N) is 1. The first-order valence-corrected chi connectivity index (χ1v) is 10.6. The van der Waals surface area contributed by atoms with E-state index in [-0.39, 0.29) is 17.3 Å². The van der Waals surface area contributed by atoms with Gasteiger partial charge in [0, 0.05) is 36.9 Å². The molecule has 7 nitrogen and oxygen atoms in total. The van der Waals surface area contributed by atoms with E-state index < -0.39 is 10.0 Å². The van der Waals surface area contributed by atoms with Gasteiger partial charge in [0.1, 0.15) is 5.75 Å². The van der Waals surface area contributed by atoms with Gasteiger partial charge in [0.2, 0.25) is 15.9 Å². The third-order valence-electron chi connectivity index (χ3n) is 4.52. The molecule has 0 aromatic heterocycles. The minimum Gasteiger partial charge on any atom is -0.497 e. The highest BCUT2D eigenvalue weighted by molar-refractivity contribution is 7.89. The van der Waals surface area contributed by atoms with Gasteiger partial charge in [-0.1, -0.05) is 11.6 Å². The molecule has 0 spiro atoms. The zero-order valence-corrected chi connectivity index (χ0v) is 17.0. The Morgan fingerprint density at radius 2 is 1.64 bits per heavy atom. The van der Waals surface area contributed by atoms with Gasteiger partial charge in [-0.2, -0.15) is 4.31 Å². The number of ether oxygens (including phenoxy) is 1. The van der Waals surface area contributed by atoms with E-state index in [9.17, 15) is 13.2 Å². The van der Waals surface area contributed by atoms with E-state index in [1.165, 1.54) is 11.4 Å². The Morgan fingerprint density at radius 1 is 1.04 bits per heavy atom. The lowest BCUT2D eigenvalue weighted by Crippen LogP contribution is -2.50. The minimum absolute atomic E-state index is 0.145. The summed E-state index contributed by atoms with van der Waals surface area (Å²) in [5.74, 6) is 0.462. The van der Waals surface area contributed by atoms with Crippen LogP contribution >= 0.6 is 11.6 Å². The van der Waals surface area contributed by atoms with E-state index in [0.717, 1.165) is 0 Å². The lowest BCUT2D eigenvalue weighted by Gasteiger charge is -2.33. The van der Waals surface area contributed by atoms with Crippen LogP contribution < -0.4 is 10.1 Å². The van der Waals surface area contributed by atoms with Crippen molar-refractivity contribution in [3.63, 3.8) is 0 Å². The lowest BCUT2D eigenvalue weighted by molar-refractivity contribution is -0.117. The molecule has 1 saturated heterocycles. The molecule has 0 saturated carbocycles. The molecule has 0 unspecified atom stereocenters. The Hall–Kier alpha value is -2.13. The van der Waals surface area contributed by atoms with Crippen LogP contribution in [0.4, 0.5) is 5.69 Å². The van der Waals surface area contributed by atoms with Crippen LogP contribution in [0.3, 0.4) is 0 Å². The van der Waals surface area contributed by atoms with Crippen molar-refractivity contribution >= 4 is 33.2 Å². The van der Waals surface area contributed by atoms with Crippen LogP contribution in [-0.4, -0.2) is 63.4 Å². The van der Waals surface area contributed by atoms with Crippen LogP contribution in [0, 0.1) is 0 Å². The smallest absolute Gasteiger partial charge is 0.243 e. The Morgan fingerprint density at radius 3 is 2.21 bits per heavy atom. The van der Waals surface area contributed by atoms with Crippen LogP contribution in [0.25, 0.3) is 0 Å². The van der Waals surface area contributed by atoms with Gasteiger partial charge in [-0.15, -0.1) is 0 Å². The van der Waals surface area contributed by atoms with Crippen molar-refractivity contribution < 1.29 is 17.9 Å². The molecule has 0 radical (unpaired) electrons. The lowest BCUT2D eigenvalue weighted by atomic mass is 10.3. The second-order valence-corrected chi connectivity index (χ2v) is 8.79. The number of methoxy groups -OCH3 is 1. The predicted octanol–water partition coefficient (Wildman–Crippen LogP) is 2.29. The van der Waals surface area contributed by atoms with Crippen molar-refractivity contribution in [2.75, 3.05) is 45.2 Å². The van der Waals surface area contributed by atoms with Gasteiger partial charge in [0.25, 0.3) is 0 Å². The third-order valence-corrected chi connectivity index (χ3v) is 6.69. The molecule has 9 heteroatoms. The number of carbonyl (C=O) groups excluding carboxylic acids is 1. The SMILES string of the molecule is COc1ccc(S(=O)(=O)N2CCN(CC(=O)Nc3ccc(Cl)cc3)CC2)cc1. The molecule has 2 aromatic rings. The van der Waals surface area contributed by atoms with Crippen LogP contribution in [0.2, 0.25) is 5.02 Å². The largest absolute Gasteiger partial charge is 0.497 e. The fourth-order valence-electron chi connectivity index (χ4n) is 2.96. The quantitative estimate of drug-likeness (QED) is 0.771. The van der Waals surface area contributed by atoms with E-state index in [4.69, 9.17) is 16.3 Å². The second kappa shape index (κ2) is 8.91.